The van der Waals surface area contributed by atoms with Crippen LogP contribution in [0, 0.1) is 0 Å². The predicted octanol–water partition coefficient (Wildman–Crippen LogP) is 3.16. The molecule has 0 amide bonds. The summed E-state index contributed by atoms with van der Waals surface area (Å²) in [6, 6.07) is 0. The molecular formula is C7H20N4. The van der Waals surface area contributed by atoms with Crippen LogP contribution in [0.4, 0.5) is 0 Å². The van der Waals surface area contributed by atoms with E-state index in [1.165, 1.54) is 0 Å². The van der Waals surface area contributed by atoms with Crippen LogP contribution in [0.3, 0.4) is 0 Å². The summed E-state index contributed by atoms with van der Waals surface area (Å²) in [5.41, 5.74) is 0. The van der Waals surface area contributed by atoms with Gasteiger partial charge in [0.15, 0.2) is 6.67 Å². The third-order valence-corrected chi connectivity index (χ3v) is 0.609. The minimum absolute atomic E-state index is 0. The molecule has 0 unspecified atom stereocenters. The lowest BCUT2D eigenvalue weighted by atomic mass is 10.8. The normalized spacial score (nSPS) is 9.64. The molecule has 0 aromatic carbocycles. The van der Waals surface area contributed by atoms with Crippen LogP contribution in [0.1, 0.15) is 28.7 Å². The van der Waals surface area contributed by atoms with Crippen LogP contribution in [0.2, 0.25) is 0 Å². The maximum absolute atomic E-state index is 3.71. The van der Waals surface area contributed by atoms with E-state index in [0.29, 0.717) is 6.67 Å². The van der Waals surface area contributed by atoms with Gasteiger partial charge in [0.2, 0.25) is 0 Å². The van der Waals surface area contributed by atoms with E-state index in [9.17, 15) is 0 Å². The van der Waals surface area contributed by atoms with Crippen LogP contribution in [0.5, 0.6) is 0 Å². The molecule has 0 aliphatic heterocycles. The molecule has 4 nitrogen and oxygen atoms in total. The Hall–Kier alpha value is -0.800. The van der Waals surface area contributed by atoms with Gasteiger partial charge >= 0.3 is 0 Å². The van der Waals surface area contributed by atoms with Gasteiger partial charge in [-0.15, -0.1) is 0 Å². The molecule has 0 spiro atoms. The zero-order valence-corrected chi connectivity index (χ0v) is 5.91. The number of rotatable bonds is 4. The lowest BCUT2D eigenvalue weighted by Crippen LogP contribution is -1.71. The van der Waals surface area contributed by atoms with Crippen molar-refractivity contribution < 1.29 is 0 Å². The van der Waals surface area contributed by atoms with Gasteiger partial charge in [0, 0.05) is 0 Å². The number of hydrogen-bond donors (Lipinski definition) is 0. The molecule has 68 valence electrons. The SMILES string of the molecule is C.C.CCN=NCN=NCC. The lowest BCUT2D eigenvalue weighted by Gasteiger charge is -1.79. The highest BCUT2D eigenvalue weighted by molar-refractivity contribution is 4.31. The van der Waals surface area contributed by atoms with E-state index < -0.39 is 0 Å². The maximum Gasteiger partial charge on any atom is 0.170 e. The fourth-order valence-electron chi connectivity index (χ4n) is 0.318. The predicted molar refractivity (Wildman–Crippen MR) is 49.1 cm³/mol. The molecule has 0 radical (unpaired) electrons. The quantitative estimate of drug-likeness (QED) is 0.567. The summed E-state index contributed by atoms with van der Waals surface area (Å²) < 4.78 is 0. The molecule has 0 saturated carbocycles. The zero-order valence-electron chi connectivity index (χ0n) is 5.91. The Morgan fingerprint density at radius 1 is 0.727 bits per heavy atom. The van der Waals surface area contributed by atoms with Gasteiger partial charge in [-0.25, -0.2) is 0 Å². The van der Waals surface area contributed by atoms with Gasteiger partial charge in [-0.2, -0.15) is 20.5 Å². The summed E-state index contributed by atoms with van der Waals surface area (Å²) in [6.07, 6.45) is 0. The first-order valence-electron chi connectivity index (χ1n) is 3.08. The van der Waals surface area contributed by atoms with Crippen LogP contribution in [0.15, 0.2) is 20.5 Å². The molecule has 0 N–H and O–H groups in total. The van der Waals surface area contributed by atoms with E-state index in [-0.39, 0.29) is 14.9 Å². The first-order valence-corrected chi connectivity index (χ1v) is 3.08. The second kappa shape index (κ2) is 16.1. The number of azo groups is 2. The number of hydrogen-bond acceptors (Lipinski definition) is 4. The second-order valence-corrected chi connectivity index (χ2v) is 1.34. The highest BCUT2D eigenvalue weighted by Crippen LogP contribution is 1.78. The molecule has 0 aliphatic rings. The molecule has 11 heavy (non-hydrogen) atoms. The Labute approximate surface area is 69.8 Å². The lowest BCUT2D eigenvalue weighted by molar-refractivity contribution is 0.818. The summed E-state index contributed by atoms with van der Waals surface area (Å²) in [6.45, 7) is 5.69. The van der Waals surface area contributed by atoms with Gasteiger partial charge in [0.05, 0.1) is 13.1 Å². The fraction of sp³-hybridized carbons (Fsp3) is 1.00. The average molecular weight is 160 g/mol. The van der Waals surface area contributed by atoms with Gasteiger partial charge in [-0.3, -0.25) is 0 Å². The van der Waals surface area contributed by atoms with E-state index in [1.54, 1.807) is 0 Å². The Bertz CT molecular complexity index is 86.6. The highest BCUT2D eigenvalue weighted by Gasteiger charge is 1.69. The number of nitrogens with zero attached hydrogens (tertiary/aromatic N) is 4. The van der Waals surface area contributed by atoms with E-state index >= 15 is 0 Å². The van der Waals surface area contributed by atoms with Crippen molar-refractivity contribution in [1.82, 2.24) is 0 Å². The molecule has 0 rings (SSSR count). The third kappa shape index (κ3) is 17.6. The Balaban J connectivity index is -0.000000320. The summed E-state index contributed by atoms with van der Waals surface area (Å²) >= 11 is 0. The van der Waals surface area contributed by atoms with E-state index in [2.05, 4.69) is 20.5 Å². The topological polar surface area (TPSA) is 49.4 Å². The summed E-state index contributed by atoms with van der Waals surface area (Å²) in [5, 5.41) is 14.8. The fourth-order valence-corrected chi connectivity index (χ4v) is 0.318. The van der Waals surface area contributed by atoms with Crippen LogP contribution in [0.25, 0.3) is 0 Å². The Morgan fingerprint density at radius 3 is 1.36 bits per heavy atom. The van der Waals surface area contributed by atoms with Crippen molar-refractivity contribution in [3.63, 3.8) is 0 Å². The van der Waals surface area contributed by atoms with Crippen molar-refractivity contribution in [2.75, 3.05) is 19.8 Å². The third-order valence-electron chi connectivity index (χ3n) is 0.609. The van der Waals surface area contributed by atoms with E-state index in [4.69, 9.17) is 0 Å². The van der Waals surface area contributed by atoms with Crippen LogP contribution in [-0.2, 0) is 0 Å². The van der Waals surface area contributed by atoms with Gasteiger partial charge in [0.25, 0.3) is 0 Å². The molecule has 0 aromatic heterocycles. The van der Waals surface area contributed by atoms with Crippen LogP contribution in [-0.4, -0.2) is 19.8 Å². The monoisotopic (exact) mass is 160 g/mol. The van der Waals surface area contributed by atoms with Crippen LogP contribution >= 0.6 is 0 Å². The molecule has 0 heterocycles. The first kappa shape index (κ1) is 16.7. The summed E-state index contributed by atoms with van der Waals surface area (Å²) in [7, 11) is 0. The van der Waals surface area contributed by atoms with Crippen molar-refractivity contribution >= 4 is 0 Å². The van der Waals surface area contributed by atoms with Crippen molar-refractivity contribution in [1.29, 1.82) is 0 Å². The zero-order chi connectivity index (χ0) is 6.95. The van der Waals surface area contributed by atoms with E-state index in [1.807, 2.05) is 13.8 Å². The molecule has 0 fully saturated rings. The molecule has 4 heteroatoms. The minimum atomic E-state index is 0. The van der Waals surface area contributed by atoms with Crippen molar-refractivity contribution in [2.45, 2.75) is 28.7 Å². The molecule has 0 saturated heterocycles. The van der Waals surface area contributed by atoms with Crippen molar-refractivity contribution in [3.05, 3.63) is 0 Å². The van der Waals surface area contributed by atoms with Gasteiger partial charge in [-0.1, -0.05) is 14.9 Å². The smallest absolute Gasteiger partial charge is 0.170 e. The van der Waals surface area contributed by atoms with Crippen molar-refractivity contribution in [3.8, 4) is 0 Å². The highest BCUT2D eigenvalue weighted by atomic mass is 15.2. The standard InChI is InChI=1S/C5H12N4.2CH4/c1-3-6-8-5-9-7-4-2;;/h3-5H2,1-2H3;2*1H4. The summed E-state index contributed by atoms with van der Waals surface area (Å²) in [4.78, 5) is 0. The second-order valence-electron chi connectivity index (χ2n) is 1.34. The molecule has 0 aromatic rings. The molecule has 0 aliphatic carbocycles. The van der Waals surface area contributed by atoms with Gasteiger partial charge in [-0.05, 0) is 13.8 Å². The molecule has 0 atom stereocenters. The molecule has 0 bridgehead atoms. The largest absolute Gasteiger partial charge is 0.193 e. The van der Waals surface area contributed by atoms with Gasteiger partial charge in [0.1, 0.15) is 0 Å². The van der Waals surface area contributed by atoms with Gasteiger partial charge < -0.3 is 0 Å². The van der Waals surface area contributed by atoms with E-state index in [0.717, 1.165) is 13.1 Å². The Morgan fingerprint density at radius 2 is 1.09 bits per heavy atom. The average Bonchev–Trinajstić information content (AvgIpc) is 1.89. The first-order chi connectivity index (χ1) is 4.41. The minimum Gasteiger partial charge on any atom is -0.193 e. The van der Waals surface area contributed by atoms with Crippen molar-refractivity contribution in [2.24, 2.45) is 20.5 Å². The maximum atomic E-state index is 3.71. The molecular weight excluding hydrogens is 140 g/mol. The summed E-state index contributed by atoms with van der Waals surface area (Å²) in [5.74, 6) is 0. The van der Waals surface area contributed by atoms with Crippen LogP contribution < -0.4 is 0 Å². The Kier molecular flexibility index (Phi) is 24.4.